The molecule has 4 heteroatoms. The van der Waals surface area contributed by atoms with E-state index in [2.05, 4.69) is 6.07 Å². The number of nitrogens with zero attached hydrogens (tertiary/aromatic N) is 1. The van der Waals surface area contributed by atoms with E-state index in [4.69, 9.17) is 0 Å². The van der Waals surface area contributed by atoms with Gasteiger partial charge >= 0.3 is 5.97 Å². The molecule has 0 saturated heterocycles. The van der Waals surface area contributed by atoms with Crippen molar-refractivity contribution in [1.29, 1.82) is 0 Å². The van der Waals surface area contributed by atoms with E-state index in [1.165, 1.54) is 0 Å². The molecule has 2 atom stereocenters. The average molecular weight is 285 g/mol. The number of Topliss-reactive ketones (excluding diaryl/α,β-unsaturated/α-hetero) is 1. The van der Waals surface area contributed by atoms with Crippen molar-refractivity contribution in [3.05, 3.63) is 35.5 Å². The Labute approximate surface area is 123 Å². The van der Waals surface area contributed by atoms with Crippen LogP contribution in [0.25, 0.3) is 10.9 Å². The topological polar surface area (TPSA) is 59.3 Å². The van der Waals surface area contributed by atoms with Crippen LogP contribution in [0.1, 0.15) is 35.2 Å². The monoisotopic (exact) mass is 285 g/mol. The second-order valence-corrected chi connectivity index (χ2v) is 6.02. The standard InChI is InChI=1S/C17H19NO3/c1-10-6-7-11-14(9-18(2)15(11)8-10)16(19)12-4-3-5-13(12)17(20)21/h6-9,12-13H,3-5H2,1-2H3,(H,20,21). The van der Waals surface area contributed by atoms with Crippen molar-refractivity contribution in [1.82, 2.24) is 4.57 Å². The molecule has 1 aromatic carbocycles. The highest BCUT2D eigenvalue weighted by atomic mass is 16.4. The number of carboxylic acids is 1. The molecular formula is C17H19NO3. The molecule has 0 amide bonds. The number of hydrogen-bond acceptors (Lipinski definition) is 2. The zero-order valence-electron chi connectivity index (χ0n) is 12.3. The predicted molar refractivity (Wildman–Crippen MR) is 80.5 cm³/mol. The number of hydrogen-bond donors (Lipinski definition) is 1. The molecule has 2 aromatic rings. The molecule has 0 aliphatic heterocycles. The number of benzene rings is 1. The minimum absolute atomic E-state index is 0.0191. The van der Waals surface area contributed by atoms with Crippen molar-refractivity contribution in [2.45, 2.75) is 26.2 Å². The van der Waals surface area contributed by atoms with Crippen molar-refractivity contribution in [2.24, 2.45) is 18.9 Å². The van der Waals surface area contributed by atoms with E-state index in [0.29, 0.717) is 18.4 Å². The van der Waals surface area contributed by atoms with Gasteiger partial charge in [-0.3, -0.25) is 9.59 Å². The first-order chi connectivity index (χ1) is 9.99. The fourth-order valence-electron chi connectivity index (χ4n) is 3.46. The van der Waals surface area contributed by atoms with Gasteiger partial charge in [-0.15, -0.1) is 0 Å². The maximum atomic E-state index is 12.8. The second kappa shape index (κ2) is 5.02. The Morgan fingerprint density at radius 2 is 1.95 bits per heavy atom. The summed E-state index contributed by atoms with van der Waals surface area (Å²) in [4.78, 5) is 24.1. The molecule has 0 radical (unpaired) electrons. The van der Waals surface area contributed by atoms with Gasteiger partial charge in [0.15, 0.2) is 5.78 Å². The van der Waals surface area contributed by atoms with Gasteiger partial charge in [0.05, 0.1) is 5.92 Å². The fraction of sp³-hybridized carbons (Fsp3) is 0.412. The van der Waals surface area contributed by atoms with E-state index in [-0.39, 0.29) is 11.7 Å². The van der Waals surface area contributed by atoms with Crippen molar-refractivity contribution >= 4 is 22.7 Å². The number of aryl methyl sites for hydroxylation is 2. The summed E-state index contributed by atoms with van der Waals surface area (Å²) in [7, 11) is 1.92. The van der Waals surface area contributed by atoms with Gasteiger partial charge in [-0.1, -0.05) is 18.6 Å². The van der Waals surface area contributed by atoms with E-state index >= 15 is 0 Å². The highest BCUT2D eigenvalue weighted by Crippen LogP contribution is 2.36. The molecular weight excluding hydrogens is 266 g/mol. The van der Waals surface area contributed by atoms with Crippen molar-refractivity contribution in [2.75, 3.05) is 0 Å². The van der Waals surface area contributed by atoms with Gasteiger partial charge in [-0.25, -0.2) is 0 Å². The number of carboxylic acid groups (broad SMARTS) is 1. The summed E-state index contributed by atoms with van der Waals surface area (Å²) in [6.07, 6.45) is 3.94. The third-order valence-corrected chi connectivity index (χ3v) is 4.58. The summed E-state index contributed by atoms with van der Waals surface area (Å²) < 4.78 is 1.94. The molecule has 1 N–H and O–H groups in total. The van der Waals surface area contributed by atoms with Crippen LogP contribution < -0.4 is 0 Å². The summed E-state index contributed by atoms with van der Waals surface area (Å²) >= 11 is 0. The van der Waals surface area contributed by atoms with Crippen LogP contribution in [-0.4, -0.2) is 21.4 Å². The third-order valence-electron chi connectivity index (χ3n) is 4.58. The molecule has 0 bridgehead atoms. The Kier molecular flexibility index (Phi) is 3.32. The van der Waals surface area contributed by atoms with E-state index in [0.717, 1.165) is 22.9 Å². The maximum absolute atomic E-state index is 12.8. The van der Waals surface area contributed by atoms with Gasteiger partial charge in [0.1, 0.15) is 0 Å². The number of fused-ring (bicyclic) bond motifs is 1. The van der Waals surface area contributed by atoms with Crippen LogP contribution in [0.15, 0.2) is 24.4 Å². The molecule has 1 aromatic heterocycles. The van der Waals surface area contributed by atoms with Crippen LogP contribution in [0.3, 0.4) is 0 Å². The Morgan fingerprint density at radius 3 is 2.67 bits per heavy atom. The summed E-state index contributed by atoms with van der Waals surface area (Å²) in [5.41, 5.74) is 2.82. The van der Waals surface area contributed by atoms with Gasteiger partial charge in [0, 0.05) is 35.6 Å². The first kappa shape index (κ1) is 13.9. The van der Waals surface area contributed by atoms with Gasteiger partial charge in [-0.2, -0.15) is 0 Å². The van der Waals surface area contributed by atoms with E-state index in [1.807, 2.05) is 36.9 Å². The highest BCUT2D eigenvalue weighted by molar-refractivity contribution is 6.10. The molecule has 2 unspecified atom stereocenters. The van der Waals surface area contributed by atoms with Crippen molar-refractivity contribution in [3.8, 4) is 0 Å². The Morgan fingerprint density at radius 1 is 1.24 bits per heavy atom. The smallest absolute Gasteiger partial charge is 0.307 e. The largest absolute Gasteiger partial charge is 0.481 e. The Hall–Kier alpha value is -2.10. The lowest BCUT2D eigenvalue weighted by Crippen LogP contribution is -2.25. The highest BCUT2D eigenvalue weighted by Gasteiger charge is 2.38. The molecule has 1 aliphatic carbocycles. The molecule has 3 rings (SSSR count). The summed E-state index contributed by atoms with van der Waals surface area (Å²) in [5.74, 6) is -1.77. The molecule has 21 heavy (non-hydrogen) atoms. The van der Waals surface area contributed by atoms with Crippen LogP contribution in [0.5, 0.6) is 0 Å². The van der Waals surface area contributed by atoms with Crippen molar-refractivity contribution in [3.63, 3.8) is 0 Å². The van der Waals surface area contributed by atoms with Gasteiger partial charge in [0.2, 0.25) is 0 Å². The summed E-state index contributed by atoms with van der Waals surface area (Å²) in [6, 6.07) is 6.00. The summed E-state index contributed by atoms with van der Waals surface area (Å²) in [5, 5.41) is 10.2. The lowest BCUT2D eigenvalue weighted by molar-refractivity contribution is -0.142. The number of aliphatic carboxylic acids is 1. The predicted octanol–water partition coefficient (Wildman–Crippen LogP) is 3.17. The van der Waals surface area contributed by atoms with Crippen LogP contribution in [-0.2, 0) is 11.8 Å². The van der Waals surface area contributed by atoms with E-state index in [1.54, 1.807) is 0 Å². The van der Waals surface area contributed by atoms with E-state index < -0.39 is 11.9 Å². The minimum atomic E-state index is -0.845. The molecule has 1 saturated carbocycles. The van der Waals surface area contributed by atoms with Gasteiger partial charge < -0.3 is 9.67 Å². The Bertz CT molecular complexity index is 729. The lowest BCUT2D eigenvalue weighted by atomic mass is 9.88. The number of rotatable bonds is 3. The molecule has 0 spiro atoms. The molecule has 1 aliphatic rings. The maximum Gasteiger partial charge on any atom is 0.307 e. The minimum Gasteiger partial charge on any atom is -0.481 e. The first-order valence-electron chi connectivity index (χ1n) is 7.31. The van der Waals surface area contributed by atoms with Crippen LogP contribution in [0.2, 0.25) is 0 Å². The molecule has 4 nitrogen and oxygen atoms in total. The fourth-order valence-corrected chi connectivity index (χ4v) is 3.46. The quantitative estimate of drug-likeness (QED) is 0.881. The Balaban J connectivity index is 2.04. The number of ketones is 1. The van der Waals surface area contributed by atoms with Gasteiger partial charge in [-0.05, 0) is 31.4 Å². The third kappa shape index (κ3) is 2.24. The zero-order valence-corrected chi connectivity index (χ0v) is 12.3. The van der Waals surface area contributed by atoms with Crippen LogP contribution in [0.4, 0.5) is 0 Å². The second-order valence-electron chi connectivity index (χ2n) is 6.02. The molecule has 1 heterocycles. The summed E-state index contributed by atoms with van der Waals surface area (Å²) in [6.45, 7) is 2.02. The van der Waals surface area contributed by atoms with Crippen molar-refractivity contribution < 1.29 is 14.7 Å². The number of carbonyl (C=O) groups excluding carboxylic acids is 1. The van der Waals surface area contributed by atoms with Crippen LogP contribution >= 0.6 is 0 Å². The van der Waals surface area contributed by atoms with Gasteiger partial charge in [0.25, 0.3) is 0 Å². The SMILES string of the molecule is Cc1ccc2c(C(=O)C3CCCC3C(=O)O)cn(C)c2c1. The van der Waals surface area contributed by atoms with E-state index in [9.17, 15) is 14.7 Å². The normalized spacial score (nSPS) is 21.8. The molecule has 110 valence electrons. The number of aromatic nitrogens is 1. The zero-order chi connectivity index (χ0) is 15.1. The first-order valence-corrected chi connectivity index (χ1v) is 7.31. The molecule has 1 fully saturated rings. The average Bonchev–Trinajstić information content (AvgIpc) is 3.04. The number of carbonyl (C=O) groups is 2. The lowest BCUT2D eigenvalue weighted by Gasteiger charge is -2.13. The van der Waals surface area contributed by atoms with Crippen LogP contribution in [0, 0.1) is 18.8 Å².